The summed E-state index contributed by atoms with van der Waals surface area (Å²) in [6.45, 7) is 1.73. The third-order valence-electron chi connectivity index (χ3n) is 1.81. The van der Waals surface area contributed by atoms with Gasteiger partial charge in [-0.05, 0) is 29.0 Å². The van der Waals surface area contributed by atoms with Crippen molar-refractivity contribution in [2.75, 3.05) is 0 Å². The minimum Gasteiger partial charge on any atom is -0.390 e. The van der Waals surface area contributed by atoms with Crippen LogP contribution in [0.15, 0.2) is 12.4 Å². The van der Waals surface area contributed by atoms with E-state index in [0.717, 1.165) is 5.56 Å². The summed E-state index contributed by atoms with van der Waals surface area (Å²) < 4.78 is 1.40. The number of aryl methyl sites for hydroxylation is 1. The fourth-order valence-electron chi connectivity index (χ4n) is 1.03. The van der Waals surface area contributed by atoms with Gasteiger partial charge in [0.05, 0.1) is 12.3 Å². The summed E-state index contributed by atoms with van der Waals surface area (Å²) in [7, 11) is 0. The Morgan fingerprint density at radius 3 is 2.86 bits per heavy atom. The van der Waals surface area contributed by atoms with Gasteiger partial charge in [0.1, 0.15) is 6.33 Å². The van der Waals surface area contributed by atoms with Crippen LogP contribution < -0.4 is 0 Å². The molecule has 2 aromatic rings. The van der Waals surface area contributed by atoms with E-state index in [-0.39, 0.29) is 6.61 Å². The summed E-state index contributed by atoms with van der Waals surface area (Å²) in [6, 6.07) is 1.76. The Hall–Kier alpha value is -1.89. The highest BCUT2D eigenvalue weighted by atomic mass is 16.3. The molecule has 0 amide bonds. The fourth-order valence-corrected chi connectivity index (χ4v) is 1.03. The van der Waals surface area contributed by atoms with Gasteiger partial charge in [0, 0.05) is 0 Å². The molecule has 2 heterocycles. The number of nitrogens with zero attached hydrogens (tertiary/aromatic N) is 6. The molecule has 0 bridgehead atoms. The molecule has 0 aliphatic carbocycles. The van der Waals surface area contributed by atoms with Gasteiger partial charge in [-0.3, -0.25) is 0 Å². The number of hydrogen-bond acceptors (Lipinski definition) is 6. The molecular formula is C7H8N6O. The van der Waals surface area contributed by atoms with Gasteiger partial charge in [-0.15, -0.1) is 10.2 Å². The molecule has 0 saturated carbocycles. The first-order chi connectivity index (χ1) is 6.81. The highest BCUT2D eigenvalue weighted by molar-refractivity contribution is 5.26. The van der Waals surface area contributed by atoms with E-state index in [1.54, 1.807) is 6.07 Å². The van der Waals surface area contributed by atoms with E-state index < -0.39 is 0 Å². The minimum atomic E-state index is -0.116. The van der Waals surface area contributed by atoms with Crippen LogP contribution in [0.3, 0.4) is 0 Å². The second kappa shape index (κ2) is 3.46. The van der Waals surface area contributed by atoms with Gasteiger partial charge in [0.15, 0.2) is 5.82 Å². The average Bonchev–Trinajstić information content (AvgIpc) is 2.70. The highest BCUT2D eigenvalue weighted by Crippen LogP contribution is 2.07. The first-order valence-corrected chi connectivity index (χ1v) is 3.98. The van der Waals surface area contributed by atoms with Gasteiger partial charge in [-0.1, -0.05) is 0 Å². The van der Waals surface area contributed by atoms with Crippen LogP contribution in [-0.2, 0) is 6.61 Å². The molecule has 0 aliphatic heterocycles. The van der Waals surface area contributed by atoms with Crippen molar-refractivity contribution in [2.24, 2.45) is 0 Å². The first-order valence-electron chi connectivity index (χ1n) is 3.98. The van der Waals surface area contributed by atoms with Crippen LogP contribution >= 0.6 is 0 Å². The first kappa shape index (κ1) is 8.70. The average molecular weight is 192 g/mol. The maximum absolute atomic E-state index is 8.89. The minimum absolute atomic E-state index is 0.116. The third kappa shape index (κ3) is 1.44. The van der Waals surface area contributed by atoms with E-state index >= 15 is 0 Å². The topological polar surface area (TPSA) is 89.6 Å². The zero-order chi connectivity index (χ0) is 9.97. The molecule has 0 atom stereocenters. The van der Waals surface area contributed by atoms with E-state index in [1.165, 1.54) is 11.0 Å². The van der Waals surface area contributed by atoms with Crippen molar-refractivity contribution in [2.45, 2.75) is 13.5 Å². The van der Waals surface area contributed by atoms with E-state index in [2.05, 4.69) is 25.7 Å². The number of aliphatic hydroxyl groups is 1. The summed E-state index contributed by atoms with van der Waals surface area (Å²) in [5.74, 6) is 0.532. The lowest BCUT2D eigenvalue weighted by Gasteiger charge is -2.02. The van der Waals surface area contributed by atoms with Crippen molar-refractivity contribution in [3.05, 3.63) is 23.7 Å². The van der Waals surface area contributed by atoms with E-state index in [9.17, 15) is 0 Å². The van der Waals surface area contributed by atoms with Crippen LogP contribution in [0.1, 0.15) is 11.3 Å². The van der Waals surface area contributed by atoms with Crippen molar-refractivity contribution in [1.29, 1.82) is 0 Å². The highest BCUT2D eigenvalue weighted by Gasteiger charge is 2.04. The smallest absolute Gasteiger partial charge is 0.179 e. The molecule has 0 saturated heterocycles. The molecule has 0 spiro atoms. The SMILES string of the molecule is Cc1cc(-n2cnnn2)nnc1CO. The monoisotopic (exact) mass is 192 g/mol. The summed E-state index contributed by atoms with van der Waals surface area (Å²) in [5, 5.41) is 27.2. The second-order valence-corrected chi connectivity index (χ2v) is 2.74. The standard InChI is InChI=1S/C7H8N6O/c1-5-2-7(10-9-6(5)3-14)13-4-8-11-12-13/h2,4,14H,3H2,1H3. The molecule has 2 rings (SSSR count). The Balaban J connectivity index is 2.43. The van der Waals surface area contributed by atoms with Gasteiger partial charge in [-0.25, -0.2) is 0 Å². The summed E-state index contributed by atoms with van der Waals surface area (Å²) in [6.07, 6.45) is 1.43. The van der Waals surface area contributed by atoms with Crippen LogP contribution in [0.4, 0.5) is 0 Å². The van der Waals surface area contributed by atoms with E-state index in [0.29, 0.717) is 11.5 Å². The molecule has 0 fully saturated rings. The Morgan fingerprint density at radius 1 is 1.43 bits per heavy atom. The maximum atomic E-state index is 8.89. The molecule has 7 nitrogen and oxygen atoms in total. The Labute approximate surface area is 79.4 Å². The predicted molar refractivity (Wildman–Crippen MR) is 45.4 cm³/mol. The molecule has 0 radical (unpaired) electrons. The van der Waals surface area contributed by atoms with Crippen molar-refractivity contribution < 1.29 is 5.11 Å². The van der Waals surface area contributed by atoms with Crippen LogP contribution in [-0.4, -0.2) is 35.5 Å². The molecule has 7 heteroatoms. The van der Waals surface area contributed by atoms with Crippen LogP contribution in [0.5, 0.6) is 0 Å². The van der Waals surface area contributed by atoms with Gasteiger partial charge in [-0.2, -0.15) is 9.78 Å². The molecule has 1 N–H and O–H groups in total. The van der Waals surface area contributed by atoms with Crippen LogP contribution in [0, 0.1) is 6.92 Å². The van der Waals surface area contributed by atoms with Gasteiger partial charge < -0.3 is 5.11 Å². The largest absolute Gasteiger partial charge is 0.390 e. The molecule has 0 aliphatic rings. The van der Waals surface area contributed by atoms with Gasteiger partial charge >= 0.3 is 0 Å². The van der Waals surface area contributed by atoms with Crippen molar-refractivity contribution >= 4 is 0 Å². The zero-order valence-corrected chi connectivity index (χ0v) is 7.49. The predicted octanol–water partition coefficient (Wildman–Crippen LogP) is -0.747. The molecule has 72 valence electrons. The second-order valence-electron chi connectivity index (χ2n) is 2.74. The quantitative estimate of drug-likeness (QED) is 0.673. The summed E-state index contributed by atoms with van der Waals surface area (Å²) in [5.41, 5.74) is 1.41. The van der Waals surface area contributed by atoms with Crippen LogP contribution in [0.25, 0.3) is 5.82 Å². The van der Waals surface area contributed by atoms with Crippen molar-refractivity contribution in [1.82, 2.24) is 30.4 Å². The number of aliphatic hydroxyl groups excluding tert-OH is 1. The van der Waals surface area contributed by atoms with Gasteiger partial charge in [0.25, 0.3) is 0 Å². The Morgan fingerprint density at radius 2 is 2.29 bits per heavy atom. The Kier molecular flexibility index (Phi) is 2.15. The lowest BCUT2D eigenvalue weighted by molar-refractivity contribution is 0.274. The zero-order valence-electron chi connectivity index (χ0n) is 7.49. The molecular weight excluding hydrogens is 184 g/mol. The van der Waals surface area contributed by atoms with E-state index in [1.807, 2.05) is 6.92 Å². The van der Waals surface area contributed by atoms with Crippen LogP contribution in [0.2, 0.25) is 0 Å². The van der Waals surface area contributed by atoms with Crippen molar-refractivity contribution in [3.63, 3.8) is 0 Å². The molecule has 0 unspecified atom stereocenters. The third-order valence-corrected chi connectivity index (χ3v) is 1.81. The number of rotatable bonds is 2. The summed E-state index contributed by atoms with van der Waals surface area (Å²) in [4.78, 5) is 0. The molecule has 14 heavy (non-hydrogen) atoms. The number of aromatic nitrogens is 6. The number of tetrazole rings is 1. The lowest BCUT2D eigenvalue weighted by Crippen LogP contribution is -2.04. The van der Waals surface area contributed by atoms with Gasteiger partial charge in [0.2, 0.25) is 0 Å². The summed E-state index contributed by atoms with van der Waals surface area (Å²) >= 11 is 0. The van der Waals surface area contributed by atoms with Crippen molar-refractivity contribution in [3.8, 4) is 5.82 Å². The van der Waals surface area contributed by atoms with E-state index in [4.69, 9.17) is 5.11 Å². The normalized spacial score (nSPS) is 10.4. The lowest BCUT2D eigenvalue weighted by atomic mass is 10.2. The molecule has 0 aromatic carbocycles. The number of hydrogen-bond donors (Lipinski definition) is 1. The maximum Gasteiger partial charge on any atom is 0.179 e. The molecule has 2 aromatic heterocycles. The Bertz CT molecular complexity index is 426. The fraction of sp³-hybridized carbons (Fsp3) is 0.286.